The highest BCUT2D eigenvalue weighted by Gasteiger charge is 1.97. The SMILES string of the molecule is C/C=C/C(Cl)N(C)C. The zero-order valence-corrected chi connectivity index (χ0v) is 6.31. The van der Waals surface area contributed by atoms with Crippen LogP contribution in [0.15, 0.2) is 12.2 Å². The predicted molar refractivity (Wildman–Crippen MR) is 38.1 cm³/mol. The van der Waals surface area contributed by atoms with Crippen molar-refractivity contribution in [3.8, 4) is 0 Å². The Morgan fingerprint density at radius 2 is 2.00 bits per heavy atom. The van der Waals surface area contributed by atoms with Crippen molar-refractivity contribution in [2.75, 3.05) is 14.1 Å². The van der Waals surface area contributed by atoms with Crippen LogP contribution in [0.2, 0.25) is 0 Å². The van der Waals surface area contributed by atoms with E-state index < -0.39 is 0 Å². The van der Waals surface area contributed by atoms with Gasteiger partial charge in [-0.05, 0) is 21.0 Å². The summed E-state index contributed by atoms with van der Waals surface area (Å²) >= 11 is 5.75. The minimum atomic E-state index is 0.0417. The average molecular weight is 134 g/mol. The first kappa shape index (κ1) is 7.99. The molecule has 1 atom stereocenters. The highest BCUT2D eigenvalue weighted by molar-refractivity contribution is 6.21. The molecule has 48 valence electrons. The van der Waals surface area contributed by atoms with Crippen molar-refractivity contribution in [1.82, 2.24) is 4.90 Å². The van der Waals surface area contributed by atoms with Crippen LogP contribution in [0.3, 0.4) is 0 Å². The van der Waals surface area contributed by atoms with Crippen molar-refractivity contribution >= 4 is 11.6 Å². The first-order valence-electron chi connectivity index (χ1n) is 2.61. The van der Waals surface area contributed by atoms with Crippen LogP contribution in [0.25, 0.3) is 0 Å². The fraction of sp³-hybridized carbons (Fsp3) is 0.667. The molecule has 0 fully saturated rings. The molecule has 1 nitrogen and oxygen atoms in total. The van der Waals surface area contributed by atoms with Crippen molar-refractivity contribution in [3.05, 3.63) is 12.2 Å². The van der Waals surface area contributed by atoms with Gasteiger partial charge in [0, 0.05) is 0 Å². The molecule has 1 unspecified atom stereocenters. The fourth-order valence-corrected chi connectivity index (χ4v) is 0.476. The van der Waals surface area contributed by atoms with Crippen molar-refractivity contribution in [2.24, 2.45) is 0 Å². The van der Waals surface area contributed by atoms with E-state index in [2.05, 4.69) is 0 Å². The molecule has 0 aliphatic carbocycles. The van der Waals surface area contributed by atoms with Crippen LogP contribution in [0.1, 0.15) is 6.92 Å². The van der Waals surface area contributed by atoms with Gasteiger partial charge in [-0.2, -0.15) is 0 Å². The monoisotopic (exact) mass is 133 g/mol. The summed E-state index contributed by atoms with van der Waals surface area (Å²) in [5, 5.41) is 0. The van der Waals surface area contributed by atoms with Gasteiger partial charge in [-0.1, -0.05) is 12.2 Å². The van der Waals surface area contributed by atoms with Gasteiger partial charge < -0.3 is 0 Å². The number of halogens is 1. The number of likely N-dealkylation sites (N-methyl/N-ethyl adjacent to an activating group) is 1. The van der Waals surface area contributed by atoms with Crippen molar-refractivity contribution in [2.45, 2.75) is 12.4 Å². The molecular weight excluding hydrogens is 122 g/mol. The highest BCUT2D eigenvalue weighted by atomic mass is 35.5. The van der Waals surface area contributed by atoms with E-state index in [-0.39, 0.29) is 5.50 Å². The summed E-state index contributed by atoms with van der Waals surface area (Å²) in [4.78, 5) is 1.93. The lowest BCUT2D eigenvalue weighted by atomic mass is 10.5. The van der Waals surface area contributed by atoms with Gasteiger partial charge in [-0.15, -0.1) is 11.6 Å². The summed E-state index contributed by atoms with van der Waals surface area (Å²) in [6.07, 6.45) is 3.87. The summed E-state index contributed by atoms with van der Waals surface area (Å²) in [6.45, 7) is 1.96. The van der Waals surface area contributed by atoms with Gasteiger partial charge in [0.2, 0.25) is 0 Å². The third-order valence-corrected chi connectivity index (χ3v) is 1.38. The number of allylic oxidation sites excluding steroid dienone is 1. The molecule has 0 rings (SSSR count). The Balaban J connectivity index is 3.47. The lowest BCUT2D eigenvalue weighted by molar-refractivity contribution is 0.421. The summed E-state index contributed by atoms with van der Waals surface area (Å²) < 4.78 is 0. The first-order valence-corrected chi connectivity index (χ1v) is 3.05. The van der Waals surface area contributed by atoms with Gasteiger partial charge in [0.1, 0.15) is 5.50 Å². The van der Waals surface area contributed by atoms with Gasteiger partial charge >= 0.3 is 0 Å². The Morgan fingerprint density at radius 1 is 1.50 bits per heavy atom. The molecule has 2 heteroatoms. The standard InChI is InChI=1S/C6H12ClN/c1-4-5-6(7)8(2)3/h4-6H,1-3H3/b5-4+. The summed E-state index contributed by atoms with van der Waals surface area (Å²) in [5.41, 5.74) is 0.0417. The van der Waals surface area contributed by atoms with Crippen LogP contribution < -0.4 is 0 Å². The van der Waals surface area contributed by atoms with E-state index in [9.17, 15) is 0 Å². The second-order valence-corrected chi connectivity index (χ2v) is 2.31. The third-order valence-electron chi connectivity index (χ3n) is 0.845. The smallest absolute Gasteiger partial charge is 0.103 e. The number of hydrogen-bond donors (Lipinski definition) is 0. The maximum Gasteiger partial charge on any atom is 0.103 e. The van der Waals surface area contributed by atoms with Crippen LogP contribution >= 0.6 is 11.6 Å². The predicted octanol–water partition coefficient (Wildman–Crippen LogP) is 1.69. The molecule has 0 radical (unpaired) electrons. The van der Waals surface area contributed by atoms with E-state index in [0.29, 0.717) is 0 Å². The number of alkyl halides is 1. The molecule has 0 aliphatic rings. The topological polar surface area (TPSA) is 3.24 Å². The zero-order chi connectivity index (χ0) is 6.57. The summed E-state index contributed by atoms with van der Waals surface area (Å²) in [6, 6.07) is 0. The maximum atomic E-state index is 5.75. The molecular formula is C6H12ClN. The number of nitrogens with zero attached hydrogens (tertiary/aromatic N) is 1. The Hall–Kier alpha value is -0.0100. The number of rotatable bonds is 2. The first-order chi connectivity index (χ1) is 3.68. The Kier molecular flexibility index (Phi) is 3.92. The normalized spacial score (nSPS) is 15.6. The maximum absolute atomic E-state index is 5.75. The molecule has 0 N–H and O–H groups in total. The van der Waals surface area contributed by atoms with E-state index in [1.165, 1.54) is 0 Å². The van der Waals surface area contributed by atoms with Crippen LogP contribution in [0, 0.1) is 0 Å². The molecule has 0 spiro atoms. The van der Waals surface area contributed by atoms with E-state index >= 15 is 0 Å². The fourth-order valence-electron chi connectivity index (χ4n) is 0.331. The molecule has 0 amide bonds. The summed E-state index contributed by atoms with van der Waals surface area (Å²) in [5.74, 6) is 0. The molecule has 0 aromatic carbocycles. The van der Waals surface area contributed by atoms with Gasteiger partial charge in [0.15, 0.2) is 0 Å². The molecule has 0 aromatic rings. The van der Waals surface area contributed by atoms with Crippen LogP contribution in [-0.2, 0) is 0 Å². The lowest BCUT2D eigenvalue weighted by Crippen LogP contribution is -2.19. The Bertz CT molecular complexity index is 78.6. The summed E-state index contributed by atoms with van der Waals surface area (Å²) in [7, 11) is 3.88. The lowest BCUT2D eigenvalue weighted by Gasteiger charge is -2.11. The van der Waals surface area contributed by atoms with E-state index in [1.54, 1.807) is 0 Å². The van der Waals surface area contributed by atoms with Crippen molar-refractivity contribution < 1.29 is 0 Å². The van der Waals surface area contributed by atoms with Crippen LogP contribution in [-0.4, -0.2) is 24.5 Å². The third kappa shape index (κ3) is 3.05. The van der Waals surface area contributed by atoms with E-state index in [1.807, 2.05) is 38.1 Å². The molecule has 0 heterocycles. The van der Waals surface area contributed by atoms with Crippen molar-refractivity contribution in [1.29, 1.82) is 0 Å². The number of hydrogen-bond acceptors (Lipinski definition) is 1. The minimum Gasteiger partial charge on any atom is -0.290 e. The average Bonchev–Trinajstić information content (AvgIpc) is 1.67. The molecule has 0 bridgehead atoms. The minimum absolute atomic E-state index is 0.0417. The van der Waals surface area contributed by atoms with Crippen molar-refractivity contribution in [3.63, 3.8) is 0 Å². The van der Waals surface area contributed by atoms with Gasteiger partial charge in [0.25, 0.3) is 0 Å². The molecule has 0 aromatic heterocycles. The Morgan fingerprint density at radius 3 is 2.12 bits per heavy atom. The second kappa shape index (κ2) is 3.93. The van der Waals surface area contributed by atoms with E-state index in [0.717, 1.165) is 0 Å². The molecule has 8 heavy (non-hydrogen) atoms. The zero-order valence-electron chi connectivity index (χ0n) is 5.56. The molecule has 0 aliphatic heterocycles. The quantitative estimate of drug-likeness (QED) is 0.315. The Labute approximate surface area is 55.9 Å². The second-order valence-electron chi connectivity index (χ2n) is 1.86. The van der Waals surface area contributed by atoms with Crippen LogP contribution in [0.5, 0.6) is 0 Å². The highest BCUT2D eigenvalue weighted by Crippen LogP contribution is 1.99. The van der Waals surface area contributed by atoms with E-state index in [4.69, 9.17) is 11.6 Å². The molecule has 0 saturated heterocycles. The molecule has 0 saturated carbocycles. The van der Waals surface area contributed by atoms with Crippen LogP contribution in [0.4, 0.5) is 0 Å². The van der Waals surface area contributed by atoms with Gasteiger partial charge in [-0.25, -0.2) is 0 Å². The van der Waals surface area contributed by atoms with Gasteiger partial charge in [0.05, 0.1) is 0 Å². The van der Waals surface area contributed by atoms with Gasteiger partial charge in [-0.3, -0.25) is 4.90 Å². The largest absolute Gasteiger partial charge is 0.290 e.